The van der Waals surface area contributed by atoms with Crippen LogP contribution in [0.2, 0.25) is 0 Å². The minimum atomic E-state index is -3.80. The van der Waals surface area contributed by atoms with Gasteiger partial charge < -0.3 is 14.8 Å². The third-order valence-electron chi connectivity index (χ3n) is 3.19. The summed E-state index contributed by atoms with van der Waals surface area (Å²) in [5, 5.41) is 19.0. The fourth-order valence-corrected chi connectivity index (χ4v) is 3.23. The lowest BCUT2D eigenvalue weighted by Gasteiger charge is -2.09. The van der Waals surface area contributed by atoms with Gasteiger partial charge in [-0.1, -0.05) is 12.1 Å². The number of hydrogen-bond donors (Lipinski definition) is 3. The Morgan fingerprint density at radius 3 is 2.76 bits per heavy atom. The second kappa shape index (κ2) is 5.07. The fraction of sp³-hybridized carbons (Fsp3) is 0.0769. The number of rotatable bonds is 3. The van der Waals surface area contributed by atoms with Crippen LogP contribution in [0.3, 0.4) is 0 Å². The number of hydrogen-bond acceptors (Lipinski definition) is 5. The molecule has 2 aromatic rings. The van der Waals surface area contributed by atoms with Crippen molar-refractivity contribution in [3.8, 4) is 5.75 Å². The molecule has 2 aromatic carbocycles. The first-order chi connectivity index (χ1) is 9.95. The van der Waals surface area contributed by atoms with Crippen molar-refractivity contribution in [2.45, 2.75) is 11.5 Å². The first kappa shape index (κ1) is 13.9. The summed E-state index contributed by atoms with van der Waals surface area (Å²) in [5.41, 5.74) is 1.69. The van der Waals surface area contributed by atoms with Crippen LogP contribution in [0.4, 0.5) is 5.69 Å². The zero-order valence-corrected chi connectivity index (χ0v) is 11.7. The van der Waals surface area contributed by atoms with Gasteiger partial charge in [0.1, 0.15) is 5.75 Å². The Hall–Kier alpha value is -2.03. The van der Waals surface area contributed by atoms with Crippen LogP contribution in [-0.2, 0) is 21.3 Å². The first-order valence-electron chi connectivity index (χ1n) is 6.20. The van der Waals surface area contributed by atoms with E-state index >= 15 is 0 Å². The Labute approximate surface area is 122 Å². The summed E-state index contributed by atoms with van der Waals surface area (Å²) in [6, 6.07) is 10.2. The largest absolute Gasteiger partial charge is 0.508 e. The van der Waals surface area contributed by atoms with Crippen LogP contribution in [-0.4, -0.2) is 25.7 Å². The lowest BCUT2D eigenvalue weighted by Crippen LogP contribution is -2.28. The van der Waals surface area contributed by atoms with Gasteiger partial charge in [-0.15, -0.1) is 0 Å². The maximum absolute atomic E-state index is 12.2. The van der Waals surface area contributed by atoms with E-state index < -0.39 is 17.1 Å². The molecule has 0 aromatic heterocycles. The number of aromatic hydroxyl groups is 1. The van der Waals surface area contributed by atoms with E-state index in [9.17, 15) is 18.5 Å². The Bertz CT molecular complexity index is 793. The Morgan fingerprint density at radius 1 is 1.19 bits per heavy atom. The van der Waals surface area contributed by atoms with Crippen LogP contribution in [0.1, 0.15) is 5.56 Å². The predicted octanol–water partition coefficient (Wildman–Crippen LogP) is 0.411. The standard InChI is InChI=1S/C13H12BNO5S/c16-11-2-1-3-12(7-11)21(18,19)15-10-5-4-9-8-20-14(17)13(9)6-10/h1-7,15-17H,8H2. The van der Waals surface area contributed by atoms with Crippen molar-refractivity contribution in [2.24, 2.45) is 0 Å². The van der Waals surface area contributed by atoms with E-state index in [-0.39, 0.29) is 10.6 Å². The van der Waals surface area contributed by atoms with E-state index in [0.29, 0.717) is 17.8 Å². The molecular weight excluding hydrogens is 293 g/mol. The van der Waals surface area contributed by atoms with Crippen molar-refractivity contribution in [2.75, 3.05) is 4.72 Å². The third-order valence-corrected chi connectivity index (χ3v) is 4.57. The molecule has 0 atom stereocenters. The van der Waals surface area contributed by atoms with Crippen molar-refractivity contribution in [3.05, 3.63) is 48.0 Å². The average molecular weight is 305 g/mol. The van der Waals surface area contributed by atoms with Gasteiger partial charge in [-0.2, -0.15) is 0 Å². The monoisotopic (exact) mass is 305 g/mol. The van der Waals surface area contributed by atoms with Crippen LogP contribution in [0.15, 0.2) is 47.4 Å². The number of fused-ring (bicyclic) bond motifs is 1. The molecule has 8 heteroatoms. The molecular formula is C13H12BNO5S. The third kappa shape index (κ3) is 2.73. The van der Waals surface area contributed by atoms with E-state index in [1.165, 1.54) is 24.3 Å². The number of anilines is 1. The molecule has 0 aliphatic carbocycles. The normalized spacial score (nSPS) is 14.0. The van der Waals surface area contributed by atoms with Crippen LogP contribution >= 0.6 is 0 Å². The second-order valence-corrected chi connectivity index (χ2v) is 6.36. The van der Waals surface area contributed by atoms with Gasteiger partial charge in [-0.3, -0.25) is 4.72 Å². The molecule has 0 saturated carbocycles. The summed E-state index contributed by atoms with van der Waals surface area (Å²) in [5.74, 6) is -0.129. The zero-order valence-electron chi connectivity index (χ0n) is 10.9. The number of benzene rings is 2. The molecule has 0 amide bonds. The topological polar surface area (TPSA) is 95.9 Å². The van der Waals surface area contributed by atoms with Gasteiger partial charge in [0.15, 0.2) is 0 Å². The van der Waals surface area contributed by atoms with Crippen molar-refractivity contribution < 1.29 is 23.2 Å². The van der Waals surface area contributed by atoms with Crippen molar-refractivity contribution in [1.29, 1.82) is 0 Å². The van der Waals surface area contributed by atoms with E-state index in [1.807, 2.05) is 0 Å². The van der Waals surface area contributed by atoms with Crippen LogP contribution < -0.4 is 10.2 Å². The molecule has 1 heterocycles. The molecule has 1 aliphatic rings. The Morgan fingerprint density at radius 2 is 2.00 bits per heavy atom. The predicted molar refractivity (Wildman–Crippen MR) is 77.8 cm³/mol. The summed E-state index contributed by atoms with van der Waals surface area (Å²) in [6.07, 6.45) is 0. The molecule has 0 spiro atoms. The highest BCUT2D eigenvalue weighted by molar-refractivity contribution is 7.92. The Kier molecular flexibility index (Phi) is 3.36. The molecule has 0 fully saturated rings. The lowest BCUT2D eigenvalue weighted by atomic mass is 9.79. The molecule has 3 N–H and O–H groups in total. The van der Waals surface area contributed by atoms with Crippen LogP contribution in [0, 0.1) is 0 Å². The average Bonchev–Trinajstić information content (AvgIpc) is 2.80. The van der Waals surface area contributed by atoms with Crippen molar-refractivity contribution in [3.63, 3.8) is 0 Å². The molecule has 3 rings (SSSR count). The Balaban J connectivity index is 1.91. The lowest BCUT2D eigenvalue weighted by molar-refractivity contribution is 0.275. The molecule has 0 unspecified atom stereocenters. The maximum Gasteiger partial charge on any atom is 0.491 e. The van der Waals surface area contributed by atoms with E-state index in [2.05, 4.69) is 4.72 Å². The molecule has 0 radical (unpaired) electrons. The highest BCUT2D eigenvalue weighted by atomic mass is 32.2. The molecule has 0 saturated heterocycles. The van der Waals surface area contributed by atoms with Gasteiger partial charge >= 0.3 is 7.12 Å². The zero-order chi connectivity index (χ0) is 15.0. The van der Waals surface area contributed by atoms with Gasteiger partial charge in [0.05, 0.1) is 11.5 Å². The summed E-state index contributed by atoms with van der Waals surface area (Å²) in [4.78, 5) is -0.0419. The fourth-order valence-electron chi connectivity index (χ4n) is 2.14. The molecule has 1 aliphatic heterocycles. The number of nitrogens with one attached hydrogen (secondary N) is 1. The maximum atomic E-state index is 12.2. The van der Waals surface area contributed by atoms with Crippen LogP contribution in [0.5, 0.6) is 5.75 Å². The molecule has 0 bridgehead atoms. The highest BCUT2D eigenvalue weighted by Crippen LogP contribution is 2.20. The quantitative estimate of drug-likeness (QED) is 0.714. The smallest absolute Gasteiger partial charge is 0.491 e. The molecule has 21 heavy (non-hydrogen) atoms. The van der Waals surface area contributed by atoms with Crippen molar-refractivity contribution in [1.82, 2.24) is 0 Å². The number of phenols is 1. The van der Waals surface area contributed by atoms with E-state index in [0.717, 1.165) is 11.6 Å². The van der Waals surface area contributed by atoms with Crippen LogP contribution in [0.25, 0.3) is 0 Å². The van der Waals surface area contributed by atoms with Gasteiger partial charge in [-0.05, 0) is 35.3 Å². The second-order valence-electron chi connectivity index (χ2n) is 4.68. The van der Waals surface area contributed by atoms with Gasteiger partial charge in [0.25, 0.3) is 10.0 Å². The summed E-state index contributed by atoms with van der Waals surface area (Å²) < 4.78 is 31.9. The van der Waals surface area contributed by atoms with Gasteiger partial charge in [0, 0.05) is 11.8 Å². The van der Waals surface area contributed by atoms with Gasteiger partial charge in [-0.25, -0.2) is 8.42 Å². The minimum Gasteiger partial charge on any atom is -0.508 e. The van der Waals surface area contributed by atoms with Gasteiger partial charge in [0.2, 0.25) is 0 Å². The number of sulfonamides is 1. The van der Waals surface area contributed by atoms with E-state index in [1.54, 1.807) is 12.1 Å². The number of phenolic OH excluding ortho intramolecular Hbond substituents is 1. The van der Waals surface area contributed by atoms with Crippen molar-refractivity contribution >= 4 is 28.3 Å². The van der Waals surface area contributed by atoms with E-state index in [4.69, 9.17) is 4.65 Å². The summed E-state index contributed by atoms with van der Waals surface area (Å²) in [6.45, 7) is 0.302. The minimum absolute atomic E-state index is 0.0419. The highest BCUT2D eigenvalue weighted by Gasteiger charge is 2.27. The SMILES string of the molecule is O=S(=O)(Nc1ccc2c(c1)B(O)OC2)c1cccc(O)c1. The summed E-state index contributed by atoms with van der Waals surface area (Å²) >= 11 is 0. The molecule has 108 valence electrons. The summed E-state index contributed by atoms with van der Waals surface area (Å²) in [7, 11) is -4.84. The molecule has 6 nitrogen and oxygen atoms in total. The first-order valence-corrected chi connectivity index (χ1v) is 7.68.